The molecule has 1 unspecified atom stereocenters. The van der Waals surface area contributed by atoms with E-state index in [1.165, 1.54) is 54.7 Å². The highest BCUT2D eigenvalue weighted by Crippen LogP contribution is 2.49. The number of ether oxygens (including phenoxy) is 5. The molecule has 0 aromatic heterocycles. The Morgan fingerprint density at radius 3 is 2.65 bits per heavy atom. The molecule has 3 aliphatic rings. The van der Waals surface area contributed by atoms with Gasteiger partial charge in [-0.3, -0.25) is 14.9 Å². The summed E-state index contributed by atoms with van der Waals surface area (Å²) in [6.07, 6.45) is 0.594. The summed E-state index contributed by atoms with van der Waals surface area (Å²) in [5, 5.41) is 14.3. The molecule has 3 heterocycles. The number of likely N-dealkylation sites (N-methyl/N-ethyl adjacent to an activating group) is 1. The van der Waals surface area contributed by atoms with Gasteiger partial charge in [-0.1, -0.05) is 63.9 Å². The van der Waals surface area contributed by atoms with Crippen LogP contribution in [0.5, 0.6) is 5.75 Å². The monoisotopic (exact) mass is 831 g/mol. The predicted molar refractivity (Wildman–Crippen MR) is 215 cm³/mol. The van der Waals surface area contributed by atoms with E-state index >= 15 is 0 Å². The van der Waals surface area contributed by atoms with Gasteiger partial charge in [0.2, 0.25) is 11.8 Å². The molecule has 13 nitrogen and oxygen atoms in total. The van der Waals surface area contributed by atoms with E-state index in [0.29, 0.717) is 12.0 Å². The number of fused-ring (bicyclic) bond motifs is 5. The smallest absolute Gasteiger partial charge is 0.409 e. The number of amides is 3. The van der Waals surface area contributed by atoms with E-state index in [-0.39, 0.29) is 34.2 Å². The molecular formula is C39H56ClN3O10S2. The van der Waals surface area contributed by atoms with Crippen molar-refractivity contribution in [1.82, 2.24) is 10.2 Å². The van der Waals surface area contributed by atoms with Crippen LogP contribution < -0.4 is 15.0 Å². The number of hydrogen-bond donors (Lipinski definition) is 2. The molecule has 2 N–H and O–H groups in total. The van der Waals surface area contributed by atoms with E-state index in [2.05, 4.69) is 5.32 Å². The van der Waals surface area contributed by atoms with Crippen molar-refractivity contribution in [2.24, 2.45) is 5.92 Å². The highest BCUT2D eigenvalue weighted by atomic mass is 35.5. The first-order valence-electron chi connectivity index (χ1n) is 20.8. The van der Waals surface area contributed by atoms with Crippen LogP contribution in [-0.4, -0.2) is 115 Å². The topological polar surface area (TPSA) is 156 Å². The lowest BCUT2D eigenvalue weighted by atomic mass is 9.83. The molecule has 2 fully saturated rings. The van der Waals surface area contributed by atoms with Gasteiger partial charge >= 0.3 is 12.1 Å². The number of aliphatic hydroxyl groups is 1. The Bertz CT molecular complexity index is 1890. The van der Waals surface area contributed by atoms with Crippen LogP contribution in [-0.2, 0) is 39.8 Å². The fourth-order valence-electron chi connectivity index (χ4n) is 6.86. The summed E-state index contributed by atoms with van der Waals surface area (Å²) in [5.74, 6) is -3.89. The van der Waals surface area contributed by atoms with Gasteiger partial charge in [-0.25, -0.2) is 9.59 Å². The Morgan fingerprint density at radius 2 is 2.02 bits per heavy atom. The highest BCUT2D eigenvalue weighted by molar-refractivity contribution is 8.76. The number of epoxide rings is 1. The van der Waals surface area contributed by atoms with E-state index in [1.807, 2.05) is 27.0 Å². The number of alkyl carbamates (subject to hydrolysis) is 1. The number of carbonyl (C=O) groups is 4. The number of anilines is 1. The number of carbonyl (C=O) groups excluding carboxylic acids is 4. The Labute approximate surface area is 346 Å². The first-order valence-corrected chi connectivity index (χ1v) is 20.7. The number of esters is 1. The van der Waals surface area contributed by atoms with Gasteiger partial charge in [0.05, 0.1) is 25.3 Å². The number of nitrogens with zero attached hydrogens (tertiary/aromatic N) is 2. The average Bonchev–Trinajstić information content (AvgIpc) is 3.84. The zero-order valence-electron chi connectivity index (χ0n) is 38.6. The molecule has 3 aliphatic heterocycles. The summed E-state index contributed by atoms with van der Waals surface area (Å²) in [6, 6.07) is 0.772. The molecule has 306 valence electrons. The van der Waals surface area contributed by atoms with Gasteiger partial charge < -0.3 is 38.6 Å². The quantitative estimate of drug-likeness (QED) is 0.159. The lowest BCUT2D eigenvalue weighted by Crippen LogP contribution is -2.63. The molecule has 16 heteroatoms. The Hall–Kier alpha value is -2.95. The van der Waals surface area contributed by atoms with Crippen LogP contribution in [0.4, 0.5) is 10.5 Å². The van der Waals surface area contributed by atoms with Crippen molar-refractivity contribution < 1.29 is 56.2 Å². The van der Waals surface area contributed by atoms with E-state index in [9.17, 15) is 24.3 Å². The molecule has 2 saturated heterocycles. The van der Waals surface area contributed by atoms with Crippen molar-refractivity contribution >= 4 is 62.8 Å². The summed E-state index contributed by atoms with van der Waals surface area (Å²) in [6.45, 7) is 1.91. The third-order valence-electron chi connectivity index (χ3n) is 10.2. The largest absolute Gasteiger partial charge is 0.495 e. The fraction of sp³-hybridized carbons (Fsp3) is 0.641. The number of nitrogens with one attached hydrogen (secondary N) is 1. The molecule has 0 aliphatic carbocycles. The van der Waals surface area contributed by atoms with E-state index in [0.717, 1.165) is 5.57 Å². The summed E-state index contributed by atoms with van der Waals surface area (Å²) in [7, 11) is 7.11. The fourth-order valence-corrected chi connectivity index (χ4v) is 9.41. The Balaban J connectivity index is 1.83. The van der Waals surface area contributed by atoms with Crippen molar-refractivity contribution in [3.05, 3.63) is 46.5 Å². The van der Waals surface area contributed by atoms with Crippen LogP contribution >= 0.6 is 33.2 Å². The van der Waals surface area contributed by atoms with Gasteiger partial charge in [-0.15, -0.1) is 0 Å². The minimum absolute atomic E-state index is 0.0694. The minimum Gasteiger partial charge on any atom is -0.495 e. The number of rotatable bonds is 10. The first-order chi connectivity index (χ1) is 28.1. The van der Waals surface area contributed by atoms with Crippen LogP contribution in [0.15, 0.2) is 35.9 Å². The molecule has 4 rings (SSSR count). The summed E-state index contributed by atoms with van der Waals surface area (Å²) >= 11 is 6.76. The van der Waals surface area contributed by atoms with Gasteiger partial charge in [-0.05, 0) is 71.3 Å². The van der Waals surface area contributed by atoms with Gasteiger partial charge in [0.1, 0.15) is 40.7 Å². The molecule has 0 spiro atoms. The van der Waals surface area contributed by atoms with Crippen LogP contribution in [0.25, 0.3) is 0 Å². The van der Waals surface area contributed by atoms with Gasteiger partial charge in [0.25, 0.3) is 0 Å². The van der Waals surface area contributed by atoms with Gasteiger partial charge in [0, 0.05) is 52.9 Å². The number of methoxy groups -OCH3 is 2. The second-order valence-electron chi connectivity index (χ2n) is 14.9. The van der Waals surface area contributed by atoms with Crippen LogP contribution in [0.1, 0.15) is 80.9 Å². The molecule has 4 bridgehead atoms. The van der Waals surface area contributed by atoms with Gasteiger partial charge in [-0.2, -0.15) is 0 Å². The lowest BCUT2D eigenvalue weighted by molar-refractivity contribution is -0.162. The maximum atomic E-state index is 14.3. The van der Waals surface area contributed by atoms with Crippen molar-refractivity contribution in [3.8, 4) is 5.75 Å². The molecule has 0 saturated carbocycles. The van der Waals surface area contributed by atoms with E-state index in [4.69, 9.17) is 43.5 Å². The second-order valence-corrected chi connectivity index (χ2v) is 18.4. The van der Waals surface area contributed by atoms with E-state index in [1.54, 1.807) is 37.3 Å². The van der Waals surface area contributed by atoms with Crippen molar-refractivity contribution in [3.63, 3.8) is 0 Å². The molecular weight excluding hydrogens is 770 g/mol. The van der Waals surface area contributed by atoms with Crippen molar-refractivity contribution in [1.29, 1.82) is 0 Å². The SMILES string of the molecule is [2H]C([2H])([2H])C(C(=O)O[C@H]1CC(=O)N(C)c2cc(cc(OC)c2Cl)C/C(C)=C/C=C/[C@@H](OC)[C@@]2(O)C[C@H](OC(=O)N2)[C@@H](C)[C@@H]2O[C@@]12C)N(C(=O)CCC(C)(C)SSC)C([2H])([2H])[2H]. The molecule has 3 amide bonds. The van der Waals surface area contributed by atoms with Crippen molar-refractivity contribution in [2.75, 3.05) is 39.4 Å². The van der Waals surface area contributed by atoms with E-state index < -0.39 is 103 Å². The number of allylic oxidation sites excluding steroid dienone is 3. The zero-order valence-corrected chi connectivity index (χ0v) is 35.0. The normalized spacial score (nSPS) is 32.9. The second kappa shape index (κ2) is 18.1. The van der Waals surface area contributed by atoms with Crippen molar-refractivity contribution in [2.45, 2.75) is 120 Å². The minimum atomic E-state index is -3.41. The Kier molecular flexibility index (Phi) is 12.0. The Morgan fingerprint density at radius 1 is 1.29 bits per heavy atom. The molecule has 1 aromatic rings. The van der Waals surface area contributed by atoms with Crippen LogP contribution in [0.2, 0.25) is 5.02 Å². The number of halogens is 1. The van der Waals surface area contributed by atoms with Crippen LogP contribution in [0, 0.1) is 5.92 Å². The zero-order chi connectivity index (χ0) is 46.0. The maximum absolute atomic E-state index is 14.3. The molecule has 8 atom stereocenters. The summed E-state index contributed by atoms with van der Waals surface area (Å²) in [5.41, 5.74) is -1.77. The third-order valence-corrected chi connectivity index (χ3v) is 13.3. The number of hydrogen-bond acceptors (Lipinski definition) is 12. The summed E-state index contributed by atoms with van der Waals surface area (Å²) < 4.78 is 78.0. The summed E-state index contributed by atoms with van der Waals surface area (Å²) in [4.78, 5) is 56.7. The molecule has 55 heavy (non-hydrogen) atoms. The molecule has 0 radical (unpaired) electrons. The first kappa shape index (κ1) is 36.4. The number of benzene rings is 1. The lowest BCUT2D eigenvalue weighted by Gasteiger charge is -2.42. The average molecular weight is 833 g/mol. The maximum Gasteiger partial charge on any atom is 0.409 e. The molecule has 1 aromatic carbocycles. The predicted octanol–water partition coefficient (Wildman–Crippen LogP) is 6.08. The standard InChI is InChI=1S/C39H56ClN3O10S2/c1-22-13-12-14-29(50-10)39(48)21-28(51-36(47)41-39)23(2)34-38(6,53-34)30(20-32(45)43(8)26-18-25(17-22)19-27(49-9)33(26)40)52-35(46)24(3)42(7)31(44)15-16-37(4,5)55-54-11/h12-14,18-19,23-24,28-30,34,48H,15-17,20-21H2,1-11H3,(H,41,47)/b14-12+,22-13+/t23-,24?,28+,29-,30+,34+,38+,39+/m1/s1/i3D3,7D3. The third kappa shape index (κ3) is 10.5. The van der Waals surface area contributed by atoms with Gasteiger partial charge in [0.15, 0.2) is 5.72 Å². The highest BCUT2D eigenvalue weighted by Gasteiger charge is 2.64. The van der Waals surface area contributed by atoms with Crippen LogP contribution in [0.3, 0.4) is 0 Å².